The van der Waals surface area contributed by atoms with E-state index in [2.05, 4.69) is 125 Å². The molecule has 3 heteroatoms. The van der Waals surface area contributed by atoms with E-state index in [1.54, 1.807) is 0 Å². The molecule has 0 radical (unpaired) electrons. The van der Waals surface area contributed by atoms with E-state index in [0.717, 1.165) is 16.9 Å². The van der Waals surface area contributed by atoms with Gasteiger partial charge < -0.3 is 9.13 Å². The van der Waals surface area contributed by atoms with E-state index in [-0.39, 0.29) is 5.41 Å². The van der Waals surface area contributed by atoms with Gasteiger partial charge in [-0.3, -0.25) is 4.98 Å². The van der Waals surface area contributed by atoms with Gasteiger partial charge >= 0.3 is 0 Å². The number of fused-ring (bicyclic) bond motifs is 9. The maximum absolute atomic E-state index is 4.60. The van der Waals surface area contributed by atoms with Crippen LogP contribution >= 0.6 is 0 Å². The quantitative estimate of drug-likeness (QED) is 0.246. The van der Waals surface area contributed by atoms with Gasteiger partial charge in [0.25, 0.3) is 0 Å². The average Bonchev–Trinajstić information content (AvgIpc) is 3.56. The zero-order chi connectivity index (χ0) is 24.7. The van der Waals surface area contributed by atoms with Gasteiger partial charge in [-0.1, -0.05) is 74.5 Å². The molecular weight excluding hydrogens is 450 g/mol. The molecular formula is C34H25N3. The van der Waals surface area contributed by atoms with E-state index >= 15 is 0 Å². The highest BCUT2D eigenvalue weighted by Gasteiger charge is 2.37. The number of hydrogen-bond donors (Lipinski definition) is 0. The van der Waals surface area contributed by atoms with Gasteiger partial charge in [0.05, 0.1) is 22.2 Å². The Morgan fingerprint density at radius 3 is 2.32 bits per heavy atom. The van der Waals surface area contributed by atoms with E-state index in [1.807, 2.05) is 18.3 Å². The van der Waals surface area contributed by atoms with Gasteiger partial charge in [-0.2, -0.15) is 0 Å². The smallest absolute Gasteiger partial charge is 0.0702 e. The highest BCUT2D eigenvalue weighted by molar-refractivity contribution is 6.18. The van der Waals surface area contributed by atoms with Crippen LogP contribution in [0.5, 0.6) is 0 Å². The van der Waals surface area contributed by atoms with Gasteiger partial charge in [-0.15, -0.1) is 0 Å². The lowest BCUT2D eigenvalue weighted by Gasteiger charge is -2.18. The number of para-hydroxylation sites is 2. The zero-order valence-corrected chi connectivity index (χ0v) is 20.8. The molecule has 4 heterocycles. The van der Waals surface area contributed by atoms with Crippen LogP contribution in [0.3, 0.4) is 0 Å². The Labute approximate surface area is 215 Å². The summed E-state index contributed by atoms with van der Waals surface area (Å²) in [5.41, 5.74) is 10.9. The molecule has 0 amide bonds. The number of rotatable bonds is 2. The summed E-state index contributed by atoms with van der Waals surface area (Å²) < 4.78 is 4.91. The molecule has 0 atom stereocenters. The van der Waals surface area contributed by atoms with Crippen LogP contribution in [0.4, 0.5) is 0 Å². The highest BCUT2D eigenvalue weighted by Crippen LogP contribution is 2.48. The first-order chi connectivity index (χ1) is 18.1. The van der Waals surface area contributed by atoms with E-state index < -0.39 is 0 Å². The van der Waals surface area contributed by atoms with Gasteiger partial charge in [0, 0.05) is 50.4 Å². The maximum Gasteiger partial charge on any atom is 0.0702 e. The maximum atomic E-state index is 4.60. The van der Waals surface area contributed by atoms with E-state index in [4.69, 9.17) is 0 Å². The van der Waals surface area contributed by atoms with Gasteiger partial charge in [-0.05, 0) is 54.1 Å². The summed E-state index contributed by atoms with van der Waals surface area (Å²) in [6.45, 7) is 4.68. The summed E-state index contributed by atoms with van der Waals surface area (Å²) >= 11 is 0. The van der Waals surface area contributed by atoms with Crippen LogP contribution < -0.4 is 0 Å². The van der Waals surface area contributed by atoms with Crippen molar-refractivity contribution in [1.82, 2.24) is 14.1 Å². The normalized spacial score (nSPS) is 13.9. The number of hydrogen-bond acceptors (Lipinski definition) is 1. The fraction of sp³-hybridized carbons (Fsp3) is 0.0882. The van der Waals surface area contributed by atoms with Crippen LogP contribution in [0, 0.1) is 0 Å². The Morgan fingerprint density at radius 2 is 1.43 bits per heavy atom. The molecule has 0 aliphatic carbocycles. The van der Waals surface area contributed by atoms with Crippen molar-refractivity contribution in [2.24, 2.45) is 0 Å². The number of benzene rings is 4. The second-order valence-electron chi connectivity index (χ2n) is 10.5. The number of aromatic nitrogens is 3. The van der Waals surface area contributed by atoms with Crippen LogP contribution in [0.15, 0.2) is 115 Å². The standard InChI is InChI=1S/C34H25N3/c1-34(2)27-13-4-6-16-31(27)37-30-18-17-25-24-12-3-5-15-29(24)36(33(25)26(30)21-32(34)37)23-11-9-10-22(20-23)28-14-7-8-19-35-28/h3-21H,1-2H3. The summed E-state index contributed by atoms with van der Waals surface area (Å²) in [5, 5.41) is 3.84. The first-order valence-electron chi connectivity index (χ1n) is 12.8. The molecule has 0 bridgehead atoms. The monoisotopic (exact) mass is 475 g/mol. The summed E-state index contributed by atoms with van der Waals surface area (Å²) in [6.07, 6.45) is 1.86. The number of pyridine rings is 1. The molecule has 4 aromatic carbocycles. The lowest BCUT2D eigenvalue weighted by Crippen LogP contribution is -2.14. The van der Waals surface area contributed by atoms with Crippen molar-refractivity contribution in [2.45, 2.75) is 19.3 Å². The van der Waals surface area contributed by atoms with Crippen molar-refractivity contribution in [3.05, 3.63) is 127 Å². The summed E-state index contributed by atoms with van der Waals surface area (Å²) in [6, 6.07) is 39.4. The lowest BCUT2D eigenvalue weighted by atomic mass is 9.83. The predicted octanol–water partition coefficient (Wildman–Crippen LogP) is 8.43. The molecule has 8 rings (SSSR count). The second-order valence-corrected chi connectivity index (χ2v) is 10.5. The number of nitrogens with zero attached hydrogens (tertiary/aromatic N) is 3. The minimum Gasteiger partial charge on any atom is -0.312 e. The molecule has 7 aromatic rings. The van der Waals surface area contributed by atoms with Crippen molar-refractivity contribution in [3.8, 4) is 22.6 Å². The summed E-state index contributed by atoms with van der Waals surface area (Å²) in [4.78, 5) is 4.60. The topological polar surface area (TPSA) is 22.8 Å². The molecule has 37 heavy (non-hydrogen) atoms. The van der Waals surface area contributed by atoms with E-state index in [9.17, 15) is 0 Å². The van der Waals surface area contributed by atoms with Crippen molar-refractivity contribution >= 4 is 32.7 Å². The molecule has 0 fully saturated rings. The summed E-state index contributed by atoms with van der Waals surface area (Å²) in [5.74, 6) is 0. The van der Waals surface area contributed by atoms with Gasteiger partial charge in [-0.25, -0.2) is 0 Å². The zero-order valence-electron chi connectivity index (χ0n) is 20.8. The Hall–Kier alpha value is -4.63. The average molecular weight is 476 g/mol. The fourth-order valence-electron chi connectivity index (χ4n) is 6.40. The molecule has 0 saturated heterocycles. The molecule has 0 saturated carbocycles. The summed E-state index contributed by atoms with van der Waals surface area (Å²) in [7, 11) is 0. The molecule has 0 unspecified atom stereocenters. The Balaban J connectivity index is 1.50. The van der Waals surface area contributed by atoms with Gasteiger partial charge in [0.1, 0.15) is 0 Å². The van der Waals surface area contributed by atoms with Crippen LogP contribution in [0.1, 0.15) is 25.1 Å². The lowest BCUT2D eigenvalue weighted by molar-refractivity contribution is 0.645. The van der Waals surface area contributed by atoms with Crippen LogP contribution in [-0.4, -0.2) is 14.1 Å². The van der Waals surface area contributed by atoms with Crippen molar-refractivity contribution in [3.63, 3.8) is 0 Å². The van der Waals surface area contributed by atoms with Gasteiger partial charge in [0.15, 0.2) is 0 Å². The van der Waals surface area contributed by atoms with Crippen molar-refractivity contribution < 1.29 is 0 Å². The minimum atomic E-state index is -0.0579. The third-order valence-corrected chi connectivity index (χ3v) is 8.14. The van der Waals surface area contributed by atoms with Crippen molar-refractivity contribution in [1.29, 1.82) is 0 Å². The van der Waals surface area contributed by atoms with Gasteiger partial charge in [0.2, 0.25) is 0 Å². The third kappa shape index (κ3) is 2.69. The first-order valence-corrected chi connectivity index (χ1v) is 12.8. The van der Waals surface area contributed by atoms with E-state index in [1.165, 1.54) is 49.7 Å². The Kier molecular flexibility index (Phi) is 4.00. The first kappa shape index (κ1) is 20.6. The van der Waals surface area contributed by atoms with Crippen molar-refractivity contribution in [2.75, 3.05) is 0 Å². The van der Waals surface area contributed by atoms with E-state index in [0.29, 0.717) is 0 Å². The largest absolute Gasteiger partial charge is 0.312 e. The van der Waals surface area contributed by atoms with Crippen LogP contribution in [0.25, 0.3) is 55.3 Å². The highest BCUT2D eigenvalue weighted by atomic mass is 15.0. The van der Waals surface area contributed by atoms with Crippen LogP contribution in [0.2, 0.25) is 0 Å². The molecule has 1 aliphatic heterocycles. The minimum absolute atomic E-state index is 0.0579. The third-order valence-electron chi connectivity index (χ3n) is 8.14. The molecule has 3 aromatic heterocycles. The molecule has 3 nitrogen and oxygen atoms in total. The molecule has 0 spiro atoms. The fourth-order valence-corrected chi connectivity index (χ4v) is 6.40. The van der Waals surface area contributed by atoms with Crippen LogP contribution in [-0.2, 0) is 5.41 Å². The second kappa shape index (κ2) is 7.21. The predicted molar refractivity (Wildman–Crippen MR) is 153 cm³/mol. The molecule has 0 N–H and O–H groups in total. The Bertz CT molecular complexity index is 2000. The SMILES string of the molecule is CC1(C)c2ccccc2-n2c1cc1c2ccc2c3ccccc3n(-c3cccc(-c4ccccn4)c3)c21. The molecule has 176 valence electrons. The molecule has 1 aliphatic rings. The Morgan fingerprint density at radius 1 is 0.622 bits per heavy atom.